The lowest BCUT2D eigenvalue weighted by Crippen LogP contribution is -2.60. The molecule has 0 aromatic rings. The van der Waals surface area contributed by atoms with Crippen molar-refractivity contribution in [3.8, 4) is 0 Å². The standard InChI is InChI=1S/C9H22N4O2S/c1-9(2,3)12-16(14,15)13-5-4-11-7-8(13)6-10/h8,11-12H,4-7,10H2,1-3H3. The largest absolute Gasteiger partial charge is 0.329 e. The molecule has 0 spiro atoms. The van der Waals surface area contributed by atoms with Crippen LogP contribution in [-0.4, -0.2) is 50.5 Å². The van der Waals surface area contributed by atoms with Crippen LogP contribution < -0.4 is 15.8 Å². The van der Waals surface area contributed by atoms with Crippen molar-refractivity contribution in [3.63, 3.8) is 0 Å². The molecule has 0 aliphatic carbocycles. The van der Waals surface area contributed by atoms with Crippen LogP contribution in [0, 0.1) is 0 Å². The fraction of sp³-hybridized carbons (Fsp3) is 1.00. The summed E-state index contributed by atoms with van der Waals surface area (Å²) in [5.41, 5.74) is 5.11. The molecule has 0 radical (unpaired) electrons. The molecular formula is C9H22N4O2S. The van der Waals surface area contributed by atoms with E-state index in [1.807, 2.05) is 20.8 Å². The van der Waals surface area contributed by atoms with Crippen molar-refractivity contribution < 1.29 is 8.42 Å². The molecule has 0 aromatic carbocycles. The van der Waals surface area contributed by atoms with Crippen molar-refractivity contribution in [2.45, 2.75) is 32.4 Å². The smallest absolute Gasteiger partial charge is 0.280 e. The van der Waals surface area contributed by atoms with Gasteiger partial charge in [-0.25, -0.2) is 0 Å². The highest BCUT2D eigenvalue weighted by Crippen LogP contribution is 2.11. The predicted octanol–water partition coefficient (Wildman–Crippen LogP) is -1.15. The molecule has 1 aliphatic rings. The molecule has 96 valence electrons. The average molecular weight is 250 g/mol. The third-order valence-corrected chi connectivity index (χ3v) is 4.28. The summed E-state index contributed by atoms with van der Waals surface area (Å²) in [4.78, 5) is 0. The molecule has 0 aromatic heterocycles. The summed E-state index contributed by atoms with van der Waals surface area (Å²) in [6.07, 6.45) is 0. The summed E-state index contributed by atoms with van der Waals surface area (Å²) in [5, 5.41) is 3.14. The minimum Gasteiger partial charge on any atom is -0.329 e. The van der Waals surface area contributed by atoms with Gasteiger partial charge in [-0.1, -0.05) is 0 Å². The van der Waals surface area contributed by atoms with Crippen LogP contribution >= 0.6 is 0 Å². The van der Waals surface area contributed by atoms with Gasteiger partial charge in [-0.15, -0.1) is 0 Å². The van der Waals surface area contributed by atoms with E-state index in [4.69, 9.17) is 5.73 Å². The second-order valence-electron chi connectivity index (χ2n) is 5.06. The molecule has 6 nitrogen and oxygen atoms in total. The van der Waals surface area contributed by atoms with E-state index in [9.17, 15) is 8.42 Å². The van der Waals surface area contributed by atoms with Crippen LogP contribution in [0.5, 0.6) is 0 Å². The Morgan fingerprint density at radius 2 is 2.12 bits per heavy atom. The maximum Gasteiger partial charge on any atom is 0.280 e. The Balaban J connectivity index is 2.80. The van der Waals surface area contributed by atoms with Gasteiger partial charge in [0.1, 0.15) is 0 Å². The number of nitrogens with one attached hydrogen (secondary N) is 2. The highest BCUT2D eigenvalue weighted by Gasteiger charge is 2.33. The second kappa shape index (κ2) is 4.97. The van der Waals surface area contributed by atoms with Gasteiger partial charge in [0.15, 0.2) is 0 Å². The molecule has 1 aliphatic heterocycles. The van der Waals surface area contributed by atoms with Crippen molar-refractivity contribution >= 4 is 10.2 Å². The summed E-state index contributed by atoms with van der Waals surface area (Å²) in [7, 11) is -3.44. The quantitative estimate of drug-likeness (QED) is 0.590. The molecule has 1 unspecified atom stereocenters. The minimum atomic E-state index is -3.44. The van der Waals surface area contributed by atoms with Crippen molar-refractivity contribution in [2.24, 2.45) is 5.73 Å². The lowest BCUT2D eigenvalue weighted by molar-refractivity contribution is 0.265. The fourth-order valence-electron chi connectivity index (χ4n) is 1.71. The molecule has 0 saturated carbocycles. The Morgan fingerprint density at radius 3 is 2.62 bits per heavy atom. The molecule has 7 heteroatoms. The first-order valence-electron chi connectivity index (χ1n) is 5.48. The van der Waals surface area contributed by atoms with E-state index in [-0.39, 0.29) is 6.04 Å². The number of nitrogens with two attached hydrogens (primary N) is 1. The van der Waals surface area contributed by atoms with Crippen LogP contribution in [0.25, 0.3) is 0 Å². The molecule has 16 heavy (non-hydrogen) atoms. The van der Waals surface area contributed by atoms with Gasteiger partial charge >= 0.3 is 0 Å². The van der Waals surface area contributed by atoms with E-state index in [2.05, 4.69) is 10.0 Å². The highest BCUT2D eigenvalue weighted by molar-refractivity contribution is 7.87. The zero-order valence-corrected chi connectivity index (χ0v) is 11.0. The second-order valence-corrected chi connectivity index (χ2v) is 6.68. The van der Waals surface area contributed by atoms with Crippen LogP contribution in [0.1, 0.15) is 20.8 Å². The molecule has 4 N–H and O–H groups in total. The van der Waals surface area contributed by atoms with E-state index in [0.29, 0.717) is 26.2 Å². The maximum absolute atomic E-state index is 12.1. The Hall–Kier alpha value is -0.210. The van der Waals surface area contributed by atoms with Gasteiger partial charge in [-0.2, -0.15) is 17.4 Å². The van der Waals surface area contributed by atoms with E-state index in [1.165, 1.54) is 4.31 Å². The van der Waals surface area contributed by atoms with Gasteiger partial charge in [0.2, 0.25) is 0 Å². The number of nitrogens with zero attached hydrogens (tertiary/aromatic N) is 1. The van der Waals surface area contributed by atoms with Crippen molar-refractivity contribution in [1.82, 2.24) is 14.3 Å². The highest BCUT2D eigenvalue weighted by atomic mass is 32.2. The van der Waals surface area contributed by atoms with Gasteiger partial charge in [0.05, 0.1) is 6.04 Å². The van der Waals surface area contributed by atoms with Gasteiger partial charge < -0.3 is 11.1 Å². The van der Waals surface area contributed by atoms with Gasteiger partial charge in [-0.3, -0.25) is 0 Å². The van der Waals surface area contributed by atoms with Gasteiger partial charge in [0, 0.05) is 31.7 Å². The van der Waals surface area contributed by atoms with Crippen LogP contribution in [0.2, 0.25) is 0 Å². The van der Waals surface area contributed by atoms with E-state index >= 15 is 0 Å². The van der Waals surface area contributed by atoms with Crippen molar-refractivity contribution in [2.75, 3.05) is 26.2 Å². The lowest BCUT2D eigenvalue weighted by Gasteiger charge is -2.36. The molecule has 1 rings (SSSR count). The van der Waals surface area contributed by atoms with Crippen molar-refractivity contribution in [1.29, 1.82) is 0 Å². The SMILES string of the molecule is CC(C)(C)NS(=O)(=O)N1CCNCC1CN. The monoisotopic (exact) mass is 250 g/mol. The van der Waals surface area contributed by atoms with Gasteiger partial charge in [0.25, 0.3) is 10.2 Å². The third-order valence-electron chi connectivity index (χ3n) is 2.31. The zero-order chi connectivity index (χ0) is 12.4. The van der Waals surface area contributed by atoms with E-state index in [1.54, 1.807) is 0 Å². The Labute approximate surface area is 97.7 Å². The summed E-state index contributed by atoms with van der Waals surface area (Å²) in [6.45, 7) is 7.55. The molecule has 1 atom stereocenters. The molecule has 0 amide bonds. The predicted molar refractivity (Wildman–Crippen MR) is 64.2 cm³/mol. The number of piperazine rings is 1. The lowest BCUT2D eigenvalue weighted by atomic mass is 10.1. The normalized spacial score (nSPS) is 24.6. The summed E-state index contributed by atoms with van der Waals surface area (Å²) < 4.78 is 28.3. The molecule has 1 saturated heterocycles. The third kappa shape index (κ3) is 3.67. The Bertz CT molecular complexity index is 323. The average Bonchev–Trinajstić information content (AvgIpc) is 2.14. The number of rotatable bonds is 3. The van der Waals surface area contributed by atoms with Gasteiger partial charge in [-0.05, 0) is 20.8 Å². The summed E-state index contributed by atoms with van der Waals surface area (Å²) in [6, 6.07) is -0.159. The fourth-order valence-corrected chi connectivity index (χ4v) is 3.48. The molecular weight excluding hydrogens is 228 g/mol. The number of hydrogen-bond acceptors (Lipinski definition) is 4. The Kier molecular flexibility index (Phi) is 4.30. The Morgan fingerprint density at radius 1 is 1.50 bits per heavy atom. The maximum atomic E-state index is 12.1. The zero-order valence-electron chi connectivity index (χ0n) is 10.2. The van der Waals surface area contributed by atoms with Crippen LogP contribution in [0.15, 0.2) is 0 Å². The molecule has 1 fully saturated rings. The van der Waals surface area contributed by atoms with Crippen molar-refractivity contribution in [3.05, 3.63) is 0 Å². The summed E-state index contributed by atoms with van der Waals surface area (Å²) >= 11 is 0. The van der Waals surface area contributed by atoms with E-state index in [0.717, 1.165) is 0 Å². The first-order chi connectivity index (χ1) is 7.26. The number of hydrogen-bond donors (Lipinski definition) is 3. The van der Waals surface area contributed by atoms with Crippen LogP contribution in [0.3, 0.4) is 0 Å². The first-order valence-corrected chi connectivity index (χ1v) is 6.92. The summed E-state index contributed by atoms with van der Waals surface area (Å²) in [5.74, 6) is 0. The minimum absolute atomic E-state index is 0.159. The molecule has 1 heterocycles. The van der Waals surface area contributed by atoms with Crippen LogP contribution in [0.4, 0.5) is 0 Å². The molecule has 0 bridgehead atoms. The topological polar surface area (TPSA) is 87.5 Å². The first kappa shape index (κ1) is 13.9. The van der Waals surface area contributed by atoms with Crippen LogP contribution in [-0.2, 0) is 10.2 Å². The van der Waals surface area contributed by atoms with E-state index < -0.39 is 15.7 Å².